The summed E-state index contributed by atoms with van der Waals surface area (Å²) in [5.41, 5.74) is 2.38. The van der Waals surface area contributed by atoms with Crippen LogP contribution in [0.4, 0.5) is 0 Å². The number of piperidine rings is 1. The van der Waals surface area contributed by atoms with Gasteiger partial charge in [-0.15, -0.1) is 11.3 Å². The highest BCUT2D eigenvalue weighted by atomic mass is 32.1. The number of nitrogens with one attached hydrogen (secondary N) is 1. The molecule has 5 rings (SSSR count). The molecule has 0 radical (unpaired) electrons. The van der Waals surface area contributed by atoms with Crippen molar-refractivity contribution < 1.29 is 9.21 Å². The number of aromatic amines is 1. The summed E-state index contributed by atoms with van der Waals surface area (Å²) in [5, 5.41) is 1.98. The number of fused-ring (bicyclic) bond motifs is 1. The molecule has 0 spiro atoms. The third-order valence-corrected chi connectivity index (χ3v) is 6.61. The number of hydrogen-bond donors (Lipinski definition) is 1. The lowest BCUT2D eigenvalue weighted by Gasteiger charge is -2.32. The molecule has 1 amide bonds. The number of nitrogens with zero attached hydrogens (tertiary/aromatic N) is 3. The Bertz CT molecular complexity index is 1240. The molecule has 1 saturated heterocycles. The van der Waals surface area contributed by atoms with E-state index in [0.717, 1.165) is 28.8 Å². The van der Waals surface area contributed by atoms with Gasteiger partial charge in [0, 0.05) is 19.1 Å². The number of likely N-dealkylation sites (tertiary alicyclic amines) is 1. The minimum Gasteiger partial charge on any atom is -0.440 e. The Morgan fingerprint density at radius 1 is 1.23 bits per heavy atom. The summed E-state index contributed by atoms with van der Waals surface area (Å²) in [5.74, 6) is 1.31. The van der Waals surface area contributed by atoms with E-state index >= 15 is 0 Å². The van der Waals surface area contributed by atoms with Crippen LogP contribution in [-0.2, 0) is 11.2 Å². The monoisotopic (exact) mass is 422 g/mol. The van der Waals surface area contributed by atoms with E-state index in [-0.39, 0.29) is 24.1 Å². The number of hydrogen-bond acceptors (Lipinski definition) is 5. The molecule has 3 aromatic heterocycles. The summed E-state index contributed by atoms with van der Waals surface area (Å²) in [6.45, 7) is 3.11. The molecule has 1 fully saturated rings. The first-order chi connectivity index (χ1) is 14.6. The first kappa shape index (κ1) is 18.9. The van der Waals surface area contributed by atoms with Crippen molar-refractivity contribution >= 4 is 28.3 Å². The Hall–Kier alpha value is -3.13. The van der Waals surface area contributed by atoms with Gasteiger partial charge in [0.25, 0.3) is 0 Å². The second kappa shape index (κ2) is 7.60. The average molecular weight is 423 g/mol. The van der Waals surface area contributed by atoms with Crippen LogP contribution in [0.25, 0.3) is 21.8 Å². The number of imidazole rings is 1. The maximum atomic E-state index is 12.9. The molecule has 1 aliphatic rings. The minimum absolute atomic E-state index is 0.0499. The van der Waals surface area contributed by atoms with E-state index in [1.807, 2.05) is 58.2 Å². The zero-order valence-electron chi connectivity index (χ0n) is 16.6. The second-order valence-corrected chi connectivity index (χ2v) is 8.55. The third kappa shape index (κ3) is 3.37. The molecule has 1 aliphatic heterocycles. The Balaban J connectivity index is 1.26. The van der Waals surface area contributed by atoms with Gasteiger partial charge in [-0.3, -0.25) is 9.36 Å². The van der Waals surface area contributed by atoms with Crippen molar-refractivity contribution in [3.63, 3.8) is 0 Å². The second-order valence-electron chi connectivity index (χ2n) is 7.61. The quantitative estimate of drug-likeness (QED) is 0.543. The fourth-order valence-electron chi connectivity index (χ4n) is 4.16. The number of benzene rings is 1. The SMILES string of the molecule is Cc1oc(-c2cccs2)nc1CC(=O)N1CCC(n2c(=O)[nH]c3ccccc32)CC1. The number of para-hydroxylation sites is 2. The topological polar surface area (TPSA) is 84.1 Å². The first-order valence-electron chi connectivity index (χ1n) is 10.1. The highest BCUT2D eigenvalue weighted by Crippen LogP contribution is 2.28. The highest BCUT2D eigenvalue weighted by molar-refractivity contribution is 7.13. The summed E-state index contributed by atoms with van der Waals surface area (Å²) in [6.07, 6.45) is 1.75. The zero-order chi connectivity index (χ0) is 20.7. The molecule has 30 heavy (non-hydrogen) atoms. The van der Waals surface area contributed by atoms with Crippen molar-refractivity contribution in [2.45, 2.75) is 32.2 Å². The molecule has 1 aromatic carbocycles. The molecule has 8 heteroatoms. The molecule has 4 aromatic rings. The fourth-order valence-corrected chi connectivity index (χ4v) is 4.81. The predicted molar refractivity (Wildman–Crippen MR) is 116 cm³/mol. The van der Waals surface area contributed by atoms with Gasteiger partial charge in [-0.05, 0) is 43.3 Å². The van der Waals surface area contributed by atoms with E-state index in [0.29, 0.717) is 30.4 Å². The van der Waals surface area contributed by atoms with Crippen LogP contribution < -0.4 is 5.69 Å². The van der Waals surface area contributed by atoms with Crippen molar-refractivity contribution in [3.8, 4) is 10.8 Å². The molecule has 0 bridgehead atoms. The van der Waals surface area contributed by atoms with Gasteiger partial charge in [0.05, 0.1) is 28.0 Å². The maximum absolute atomic E-state index is 12.9. The van der Waals surface area contributed by atoms with Crippen LogP contribution in [0.15, 0.2) is 51.0 Å². The molecule has 0 aliphatic carbocycles. The summed E-state index contributed by atoms with van der Waals surface area (Å²) < 4.78 is 7.59. The molecule has 154 valence electrons. The molecule has 0 atom stereocenters. The standard InChI is InChI=1S/C22H22N4O3S/c1-14-17(23-21(29-14)19-7-4-12-30-19)13-20(27)25-10-8-15(9-11-25)26-18-6-3-2-5-16(18)24-22(26)28/h2-7,12,15H,8-11,13H2,1H3,(H,24,28). The van der Waals surface area contributed by atoms with E-state index in [2.05, 4.69) is 9.97 Å². The third-order valence-electron chi connectivity index (χ3n) is 5.75. The minimum atomic E-state index is -0.0831. The Kier molecular flexibility index (Phi) is 4.78. The Morgan fingerprint density at radius 2 is 2.03 bits per heavy atom. The lowest BCUT2D eigenvalue weighted by Crippen LogP contribution is -2.41. The highest BCUT2D eigenvalue weighted by Gasteiger charge is 2.27. The van der Waals surface area contributed by atoms with Crippen LogP contribution in [0, 0.1) is 6.92 Å². The number of oxazole rings is 1. The Morgan fingerprint density at radius 3 is 2.80 bits per heavy atom. The van der Waals surface area contributed by atoms with Gasteiger partial charge in [0.2, 0.25) is 11.8 Å². The summed E-state index contributed by atoms with van der Waals surface area (Å²) in [4.78, 5) is 35.6. The first-order valence-corrected chi connectivity index (χ1v) is 11.0. The van der Waals surface area contributed by atoms with E-state index in [9.17, 15) is 9.59 Å². The molecule has 0 saturated carbocycles. The van der Waals surface area contributed by atoms with Crippen LogP contribution in [0.2, 0.25) is 0 Å². The van der Waals surface area contributed by atoms with Crippen molar-refractivity contribution in [2.75, 3.05) is 13.1 Å². The van der Waals surface area contributed by atoms with Crippen LogP contribution in [0.1, 0.15) is 30.3 Å². The number of aryl methyl sites for hydroxylation is 1. The van der Waals surface area contributed by atoms with Crippen molar-refractivity contribution in [1.82, 2.24) is 19.4 Å². The van der Waals surface area contributed by atoms with Gasteiger partial charge in [-0.1, -0.05) is 18.2 Å². The van der Waals surface area contributed by atoms with Gasteiger partial charge in [0.15, 0.2) is 0 Å². The maximum Gasteiger partial charge on any atom is 0.326 e. The lowest BCUT2D eigenvalue weighted by atomic mass is 10.0. The van der Waals surface area contributed by atoms with Gasteiger partial charge < -0.3 is 14.3 Å². The van der Waals surface area contributed by atoms with Crippen LogP contribution in [0.5, 0.6) is 0 Å². The summed E-state index contributed by atoms with van der Waals surface area (Å²) in [7, 11) is 0. The van der Waals surface area contributed by atoms with Crippen LogP contribution in [0.3, 0.4) is 0 Å². The van der Waals surface area contributed by atoms with Gasteiger partial charge >= 0.3 is 5.69 Å². The largest absolute Gasteiger partial charge is 0.440 e. The predicted octanol–water partition coefficient (Wildman–Crippen LogP) is 3.76. The molecular weight excluding hydrogens is 400 g/mol. The zero-order valence-corrected chi connectivity index (χ0v) is 17.4. The summed E-state index contributed by atoms with van der Waals surface area (Å²) in [6, 6.07) is 11.7. The van der Waals surface area contributed by atoms with Gasteiger partial charge in [-0.25, -0.2) is 9.78 Å². The lowest BCUT2D eigenvalue weighted by molar-refractivity contribution is -0.131. The average Bonchev–Trinajstić information content (AvgIpc) is 3.47. The van der Waals surface area contributed by atoms with Crippen molar-refractivity contribution in [2.24, 2.45) is 0 Å². The van der Waals surface area contributed by atoms with E-state index < -0.39 is 0 Å². The van der Waals surface area contributed by atoms with E-state index in [1.165, 1.54) is 0 Å². The fraction of sp³-hybridized carbons (Fsp3) is 0.318. The van der Waals surface area contributed by atoms with Gasteiger partial charge in [0.1, 0.15) is 5.76 Å². The molecular formula is C22H22N4O3S. The number of amides is 1. The molecule has 1 N–H and O–H groups in total. The number of carbonyl (C=O) groups is 1. The van der Waals surface area contributed by atoms with E-state index in [1.54, 1.807) is 11.3 Å². The van der Waals surface area contributed by atoms with Gasteiger partial charge in [-0.2, -0.15) is 0 Å². The smallest absolute Gasteiger partial charge is 0.326 e. The number of H-pyrrole nitrogens is 1. The molecule has 7 nitrogen and oxygen atoms in total. The van der Waals surface area contributed by atoms with Crippen LogP contribution in [-0.4, -0.2) is 38.4 Å². The molecule has 0 unspecified atom stereocenters. The van der Waals surface area contributed by atoms with Crippen molar-refractivity contribution in [1.29, 1.82) is 0 Å². The summed E-state index contributed by atoms with van der Waals surface area (Å²) >= 11 is 1.56. The number of rotatable bonds is 4. The Labute approximate surface area is 177 Å². The normalized spacial score (nSPS) is 15.2. The van der Waals surface area contributed by atoms with Crippen molar-refractivity contribution in [3.05, 3.63) is 63.7 Å². The number of thiophene rings is 1. The molecule has 4 heterocycles. The number of aromatic nitrogens is 3. The van der Waals surface area contributed by atoms with E-state index in [4.69, 9.17) is 4.42 Å². The van der Waals surface area contributed by atoms with Crippen LogP contribution >= 0.6 is 11.3 Å². The number of carbonyl (C=O) groups excluding carboxylic acids is 1.